The lowest BCUT2D eigenvalue weighted by Gasteiger charge is -2.25. The number of amides is 1. The van der Waals surface area contributed by atoms with Crippen LogP contribution in [0, 0.1) is 6.92 Å². The molecule has 1 aliphatic heterocycles. The molecule has 1 aliphatic rings. The first-order valence-electron chi connectivity index (χ1n) is 13.9. The number of fused-ring (bicyclic) bond motifs is 3. The zero-order valence-corrected chi connectivity index (χ0v) is 23.9. The molecule has 1 amide bonds. The van der Waals surface area contributed by atoms with E-state index in [0.717, 1.165) is 55.5 Å². The van der Waals surface area contributed by atoms with Gasteiger partial charge in [-0.15, -0.1) is 0 Å². The van der Waals surface area contributed by atoms with Crippen LogP contribution < -0.4 is 10.4 Å². The lowest BCUT2D eigenvalue weighted by atomic mass is 9.99. The Labute approximate surface area is 246 Å². The number of H-pyrrole nitrogens is 1. The molecule has 0 unspecified atom stereocenters. The fourth-order valence-electron chi connectivity index (χ4n) is 5.75. The molecule has 11 nitrogen and oxygen atoms in total. The van der Waals surface area contributed by atoms with Crippen LogP contribution in [0.3, 0.4) is 0 Å². The number of aryl methyl sites for hydroxylation is 2. The Balaban J connectivity index is 1.26. The van der Waals surface area contributed by atoms with E-state index in [1.807, 2.05) is 49.4 Å². The average molecular weight is 573 g/mol. The molecular formula is C32H28N8O3. The van der Waals surface area contributed by atoms with Crippen molar-refractivity contribution in [1.29, 1.82) is 0 Å². The van der Waals surface area contributed by atoms with Crippen LogP contribution in [0.2, 0.25) is 0 Å². The first kappa shape index (κ1) is 26.3. The van der Waals surface area contributed by atoms with Crippen LogP contribution in [-0.4, -0.2) is 65.3 Å². The molecule has 5 heterocycles. The van der Waals surface area contributed by atoms with Gasteiger partial charge in [0, 0.05) is 42.8 Å². The lowest BCUT2D eigenvalue weighted by Crippen LogP contribution is -2.35. The highest BCUT2D eigenvalue weighted by atomic mass is 16.5. The van der Waals surface area contributed by atoms with Crippen LogP contribution in [-0.2, 0) is 7.05 Å². The lowest BCUT2D eigenvalue weighted by molar-refractivity contribution is 0.0761. The Kier molecular flexibility index (Phi) is 6.34. The molecule has 0 radical (unpaired) electrons. The molecule has 4 aromatic heterocycles. The molecule has 2 aromatic carbocycles. The van der Waals surface area contributed by atoms with Crippen molar-refractivity contribution >= 4 is 33.4 Å². The number of ether oxygens (including phenoxy) is 1. The molecule has 0 atom stereocenters. The van der Waals surface area contributed by atoms with Crippen LogP contribution in [0.25, 0.3) is 44.3 Å². The fraction of sp³-hybridized carbons (Fsp3) is 0.188. The van der Waals surface area contributed by atoms with Gasteiger partial charge in [-0.2, -0.15) is 5.10 Å². The third kappa shape index (κ3) is 4.45. The Morgan fingerprint density at radius 1 is 0.977 bits per heavy atom. The van der Waals surface area contributed by atoms with Gasteiger partial charge in [-0.3, -0.25) is 24.0 Å². The second-order valence-electron chi connectivity index (χ2n) is 10.6. The monoisotopic (exact) mass is 572 g/mol. The maximum Gasteiger partial charge on any atom is 0.333 e. The molecule has 7 rings (SSSR count). The normalized spacial score (nSPS) is 13.5. The summed E-state index contributed by atoms with van der Waals surface area (Å²) in [6.07, 6.45) is 7.65. The van der Waals surface area contributed by atoms with E-state index in [1.54, 1.807) is 40.6 Å². The van der Waals surface area contributed by atoms with Crippen molar-refractivity contribution in [2.24, 2.45) is 7.05 Å². The van der Waals surface area contributed by atoms with Gasteiger partial charge in [0.05, 0.1) is 35.5 Å². The first-order valence-corrected chi connectivity index (χ1v) is 13.9. The summed E-state index contributed by atoms with van der Waals surface area (Å²) < 4.78 is 8.71. The topological polar surface area (TPSA) is 124 Å². The second kappa shape index (κ2) is 10.4. The summed E-state index contributed by atoms with van der Waals surface area (Å²) in [5, 5.41) is 7.27. The van der Waals surface area contributed by atoms with E-state index in [2.05, 4.69) is 37.3 Å². The van der Waals surface area contributed by atoms with E-state index in [4.69, 9.17) is 4.74 Å². The number of aromatic amines is 1. The van der Waals surface area contributed by atoms with E-state index >= 15 is 0 Å². The number of carbonyl (C=O) groups is 1. The van der Waals surface area contributed by atoms with Gasteiger partial charge in [0.15, 0.2) is 0 Å². The van der Waals surface area contributed by atoms with E-state index in [-0.39, 0.29) is 17.4 Å². The maximum absolute atomic E-state index is 13.6. The van der Waals surface area contributed by atoms with Gasteiger partial charge >= 0.3 is 5.69 Å². The van der Waals surface area contributed by atoms with E-state index in [9.17, 15) is 9.59 Å². The smallest absolute Gasteiger partial charge is 0.333 e. The van der Waals surface area contributed by atoms with Crippen LogP contribution in [0.4, 0.5) is 0 Å². The number of pyridine rings is 2. The number of benzene rings is 2. The number of imidazole rings is 1. The molecule has 0 fully saturated rings. The van der Waals surface area contributed by atoms with Crippen LogP contribution in [0.15, 0.2) is 78.1 Å². The summed E-state index contributed by atoms with van der Waals surface area (Å²) in [6, 6.07) is 16.1. The third-order valence-corrected chi connectivity index (χ3v) is 8.05. The minimum Gasteiger partial charge on any atom is -0.481 e. The van der Waals surface area contributed by atoms with E-state index in [0.29, 0.717) is 25.4 Å². The van der Waals surface area contributed by atoms with Gasteiger partial charge in [0.25, 0.3) is 5.91 Å². The van der Waals surface area contributed by atoms with E-state index < -0.39 is 0 Å². The Morgan fingerprint density at radius 2 is 1.79 bits per heavy atom. The van der Waals surface area contributed by atoms with Crippen LogP contribution in [0.1, 0.15) is 28.2 Å². The molecule has 11 heteroatoms. The van der Waals surface area contributed by atoms with Gasteiger partial charge < -0.3 is 9.64 Å². The molecule has 0 bridgehead atoms. The average Bonchev–Trinajstić information content (AvgIpc) is 3.68. The molecule has 0 saturated heterocycles. The van der Waals surface area contributed by atoms with Crippen molar-refractivity contribution in [2.75, 3.05) is 20.2 Å². The Morgan fingerprint density at radius 3 is 2.49 bits per heavy atom. The minimum atomic E-state index is -0.165. The predicted octanol–water partition coefficient (Wildman–Crippen LogP) is 4.30. The molecule has 0 saturated carbocycles. The minimum absolute atomic E-state index is 0.150. The largest absolute Gasteiger partial charge is 0.481 e. The number of carbonyl (C=O) groups excluding carboxylic acids is 1. The Hall–Kier alpha value is -5.58. The van der Waals surface area contributed by atoms with Crippen molar-refractivity contribution in [1.82, 2.24) is 39.2 Å². The highest BCUT2D eigenvalue weighted by Gasteiger charge is 2.22. The van der Waals surface area contributed by atoms with Gasteiger partial charge in [0.1, 0.15) is 6.33 Å². The van der Waals surface area contributed by atoms with Gasteiger partial charge in [0.2, 0.25) is 11.7 Å². The van der Waals surface area contributed by atoms with Crippen molar-refractivity contribution in [2.45, 2.75) is 13.3 Å². The molecule has 0 spiro atoms. The molecule has 0 aliphatic carbocycles. The standard InChI is InChI=1S/C32H28N8O3/c1-19-14-23(16-34-30(19)43-3)22-6-9-26-25(15-22)28-27(17-33-26)38(2)32(42)40(28)24-7-4-20(5-8-24)21-10-12-39(13-11-21)31(41)29-35-18-36-37-29/h4-10,14-18H,11-13H2,1-3H3,(H,35,36,37). The first-order chi connectivity index (χ1) is 20.9. The van der Waals surface area contributed by atoms with Gasteiger partial charge in [-0.1, -0.05) is 24.3 Å². The number of aromatic nitrogens is 7. The van der Waals surface area contributed by atoms with E-state index in [1.165, 1.54) is 6.33 Å². The molecular weight excluding hydrogens is 544 g/mol. The zero-order chi connectivity index (χ0) is 29.7. The molecule has 6 aromatic rings. The van der Waals surface area contributed by atoms with Crippen LogP contribution >= 0.6 is 0 Å². The van der Waals surface area contributed by atoms with Crippen molar-refractivity contribution in [3.63, 3.8) is 0 Å². The number of rotatable bonds is 5. The van der Waals surface area contributed by atoms with Gasteiger partial charge in [-0.05, 0) is 60.4 Å². The molecule has 214 valence electrons. The van der Waals surface area contributed by atoms with Gasteiger partial charge in [-0.25, -0.2) is 14.8 Å². The number of nitrogens with one attached hydrogen (secondary N) is 1. The predicted molar refractivity (Wildman–Crippen MR) is 163 cm³/mol. The SMILES string of the molecule is COc1ncc(-c2ccc3ncc4c(c3c2)n(-c2ccc(C3=CCN(C(=O)c5ncn[nH]5)CC3)cc2)c(=O)n4C)cc1C. The maximum atomic E-state index is 13.6. The quantitative estimate of drug-likeness (QED) is 0.327. The van der Waals surface area contributed by atoms with Crippen molar-refractivity contribution in [3.05, 3.63) is 101 Å². The van der Waals surface area contributed by atoms with Crippen molar-refractivity contribution in [3.8, 4) is 22.7 Å². The number of nitrogens with zero attached hydrogens (tertiary/aromatic N) is 7. The zero-order valence-electron chi connectivity index (χ0n) is 23.9. The highest BCUT2D eigenvalue weighted by Crippen LogP contribution is 2.31. The Bertz CT molecular complexity index is 2110. The summed E-state index contributed by atoms with van der Waals surface area (Å²) in [5.41, 5.74) is 8.02. The summed E-state index contributed by atoms with van der Waals surface area (Å²) >= 11 is 0. The summed E-state index contributed by atoms with van der Waals surface area (Å²) in [7, 11) is 3.38. The number of methoxy groups -OCH3 is 1. The number of hydrogen-bond donors (Lipinski definition) is 1. The van der Waals surface area contributed by atoms with Crippen LogP contribution in [0.5, 0.6) is 5.88 Å². The third-order valence-electron chi connectivity index (χ3n) is 8.05. The fourth-order valence-corrected chi connectivity index (χ4v) is 5.75. The summed E-state index contributed by atoms with van der Waals surface area (Å²) in [4.78, 5) is 41.0. The molecule has 1 N–H and O–H groups in total. The summed E-state index contributed by atoms with van der Waals surface area (Å²) in [5.74, 6) is 0.671. The molecule has 43 heavy (non-hydrogen) atoms. The second-order valence-corrected chi connectivity index (χ2v) is 10.6. The highest BCUT2D eigenvalue weighted by molar-refractivity contribution is 6.04. The van der Waals surface area contributed by atoms with Crippen molar-refractivity contribution < 1.29 is 9.53 Å². The summed E-state index contributed by atoms with van der Waals surface area (Å²) in [6.45, 7) is 3.04. The number of hydrogen-bond acceptors (Lipinski definition) is 7.